The van der Waals surface area contributed by atoms with Crippen molar-refractivity contribution in [2.24, 2.45) is 0 Å². The minimum atomic E-state index is -3.63. The first kappa shape index (κ1) is 16.6. The Morgan fingerprint density at radius 3 is 2.35 bits per heavy atom. The number of hydrogen-bond acceptors (Lipinski definition) is 5. The molecule has 0 amide bonds. The lowest BCUT2D eigenvalue weighted by Crippen LogP contribution is -2.33. The van der Waals surface area contributed by atoms with Gasteiger partial charge in [0.15, 0.2) is 0 Å². The van der Waals surface area contributed by atoms with E-state index in [0.29, 0.717) is 5.56 Å². The number of likely N-dealkylation sites (N-methyl/N-ethyl adjacent to an activating group) is 1. The van der Waals surface area contributed by atoms with Gasteiger partial charge in [0, 0.05) is 13.6 Å². The van der Waals surface area contributed by atoms with Gasteiger partial charge >= 0.3 is 5.97 Å². The van der Waals surface area contributed by atoms with Crippen molar-refractivity contribution >= 4 is 16.0 Å². The summed E-state index contributed by atoms with van der Waals surface area (Å²) in [7, 11) is -0.923. The molecule has 20 heavy (non-hydrogen) atoms. The number of ether oxygens (including phenoxy) is 1. The Morgan fingerprint density at radius 1 is 1.35 bits per heavy atom. The second kappa shape index (κ2) is 6.83. The van der Waals surface area contributed by atoms with Gasteiger partial charge < -0.3 is 9.84 Å². The first-order valence-corrected chi connectivity index (χ1v) is 7.51. The van der Waals surface area contributed by atoms with Gasteiger partial charge in [-0.15, -0.1) is 0 Å². The molecule has 0 saturated heterocycles. The second-order valence-corrected chi connectivity index (χ2v) is 6.58. The molecule has 112 valence electrons. The first-order chi connectivity index (χ1) is 9.27. The monoisotopic (exact) mass is 301 g/mol. The Hall–Kier alpha value is -1.44. The SMILES string of the molecule is COC(=O)Cc1ccc(S(=O)(=O)N(C)CC(C)O)cc1. The Balaban J connectivity index is 2.89. The van der Waals surface area contributed by atoms with Gasteiger partial charge in [0.05, 0.1) is 24.5 Å². The third-order valence-electron chi connectivity index (χ3n) is 2.73. The lowest BCUT2D eigenvalue weighted by Gasteiger charge is -2.18. The number of esters is 1. The van der Waals surface area contributed by atoms with Crippen LogP contribution in [0.3, 0.4) is 0 Å². The van der Waals surface area contributed by atoms with Crippen molar-refractivity contribution in [2.45, 2.75) is 24.3 Å². The summed E-state index contributed by atoms with van der Waals surface area (Å²) in [5, 5.41) is 9.25. The predicted octanol–water partition coefficient (Wildman–Crippen LogP) is 0.403. The molecule has 1 aromatic rings. The highest BCUT2D eigenvalue weighted by Crippen LogP contribution is 2.16. The van der Waals surface area contributed by atoms with E-state index in [1.54, 1.807) is 12.1 Å². The number of methoxy groups -OCH3 is 1. The van der Waals surface area contributed by atoms with Crippen LogP contribution in [0.25, 0.3) is 0 Å². The molecule has 1 N–H and O–H groups in total. The molecule has 0 saturated carbocycles. The van der Waals surface area contributed by atoms with Crippen LogP contribution < -0.4 is 0 Å². The summed E-state index contributed by atoms with van der Waals surface area (Å²) < 4.78 is 30.0. The molecule has 6 nitrogen and oxygen atoms in total. The quantitative estimate of drug-likeness (QED) is 0.769. The summed E-state index contributed by atoms with van der Waals surface area (Å²) in [6.45, 7) is 1.54. The number of carbonyl (C=O) groups excluding carboxylic acids is 1. The fraction of sp³-hybridized carbons (Fsp3) is 0.462. The van der Waals surface area contributed by atoms with Crippen molar-refractivity contribution in [2.75, 3.05) is 20.7 Å². The number of benzene rings is 1. The van der Waals surface area contributed by atoms with Gasteiger partial charge in [0.25, 0.3) is 0 Å². The highest BCUT2D eigenvalue weighted by Gasteiger charge is 2.21. The van der Waals surface area contributed by atoms with E-state index in [0.717, 1.165) is 4.31 Å². The third-order valence-corrected chi connectivity index (χ3v) is 4.57. The molecular formula is C13H19NO5S. The zero-order valence-electron chi connectivity index (χ0n) is 11.7. The highest BCUT2D eigenvalue weighted by atomic mass is 32.2. The maximum Gasteiger partial charge on any atom is 0.309 e. The van der Waals surface area contributed by atoms with Gasteiger partial charge in [-0.25, -0.2) is 8.42 Å². The zero-order chi connectivity index (χ0) is 15.3. The number of hydrogen-bond donors (Lipinski definition) is 1. The highest BCUT2D eigenvalue weighted by molar-refractivity contribution is 7.89. The molecule has 1 rings (SSSR count). The zero-order valence-corrected chi connectivity index (χ0v) is 12.6. The lowest BCUT2D eigenvalue weighted by molar-refractivity contribution is -0.139. The molecule has 0 aliphatic rings. The normalized spacial score (nSPS) is 13.2. The average Bonchev–Trinajstić information content (AvgIpc) is 2.38. The van der Waals surface area contributed by atoms with Gasteiger partial charge in [-0.2, -0.15) is 4.31 Å². The average molecular weight is 301 g/mol. The largest absolute Gasteiger partial charge is 0.469 e. The van der Waals surface area contributed by atoms with Crippen molar-refractivity contribution in [1.82, 2.24) is 4.31 Å². The summed E-state index contributed by atoms with van der Waals surface area (Å²) in [4.78, 5) is 11.2. The fourth-order valence-corrected chi connectivity index (χ4v) is 2.92. The van der Waals surface area contributed by atoms with Crippen LogP contribution in [-0.4, -0.2) is 50.6 Å². The van der Waals surface area contributed by atoms with E-state index in [-0.39, 0.29) is 23.8 Å². The fourth-order valence-electron chi connectivity index (χ4n) is 1.67. The van der Waals surface area contributed by atoms with Crippen molar-refractivity contribution in [1.29, 1.82) is 0 Å². The minimum absolute atomic E-state index is 0.0201. The standard InChI is InChI=1S/C13H19NO5S/c1-10(15)9-14(2)20(17,18)12-6-4-11(5-7-12)8-13(16)19-3/h4-7,10,15H,8-9H2,1-3H3. The molecule has 0 aliphatic carbocycles. The lowest BCUT2D eigenvalue weighted by atomic mass is 10.2. The van der Waals surface area contributed by atoms with Crippen LogP contribution in [0.5, 0.6) is 0 Å². The molecule has 0 aromatic heterocycles. The topological polar surface area (TPSA) is 83.9 Å². The second-order valence-electron chi connectivity index (χ2n) is 4.53. The van der Waals surface area contributed by atoms with Crippen LogP contribution in [0.1, 0.15) is 12.5 Å². The van der Waals surface area contributed by atoms with E-state index < -0.39 is 16.1 Å². The summed E-state index contributed by atoms with van der Waals surface area (Å²) in [6.07, 6.45) is -0.645. The molecule has 7 heteroatoms. The van der Waals surface area contributed by atoms with E-state index >= 15 is 0 Å². The van der Waals surface area contributed by atoms with Crippen LogP contribution in [-0.2, 0) is 26.0 Å². The Morgan fingerprint density at radius 2 is 1.90 bits per heavy atom. The predicted molar refractivity (Wildman–Crippen MR) is 73.7 cm³/mol. The van der Waals surface area contributed by atoms with Crippen LogP contribution in [0.4, 0.5) is 0 Å². The first-order valence-electron chi connectivity index (χ1n) is 6.07. The molecular weight excluding hydrogens is 282 g/mol. The Kier molecular flexibility index (Phi) is 5.67. The summed E-state index contributed by atoms with van der Waals surface area (Å²) in [6, 6.07) is 6.01. The number of nitrogens with zero attached hydrogens (tertiary/aromatic N) is 1. The molecule has 0 bridgehead atoms. The summed E-state index contributed by atoms with van der Waals surface area (Å²) in [5.41, 5.74) is 0.675. The molecule has 0 aliphatic heterocycles. The molecule has 1 atom stereocenters. The van der Waals surface area contributed by atoms with Gasteiger partial charge in [0.2, 0.25) is 10.0 Å². The maximum absolute atomic E-state index is 12.2. The van der Waals surface area contributed by atoms with E-state index in [2.05, 4.69) is 4.74 Å². The number of sulfonamides is 1. The summed E-state index contributed by atoms with van der Waals surface area (Å²) >= 11 is 0. The Bertz CT molecular complexity index is 551. The van der Waals surface area contributed by atoms with Crippen molar-refractivity contribution in [3.8, 4) is 0 Å². The Labute approximate surface area is 119 Å². The third kappa shape index (κ3) is 4.29. The van der Waals surface area contributed by atoms with Gasteiger partial charge in [-0.3, -0.25) is 4.79 Å². The van der Waals surface area contributed by atoms with Crippen molar-refractivity contribution < 1.29 is 23.1 Å². The van der Waals surface area contributed by atoms with Crippen molar-refractivity contribution in [3.63, 3.8) is 0 Å². The molecule has 0 fully saturated rings. The van der Waals surface area contributed by atoms with Gasteiger partial charge in [-0.1, -0.05) is 12.1 Å². The van der Waals surface area contributed by atoms with E-state index in [1.807, 2.05) is 0 Å². The number of aliphatic hydroxyl groups excluding tert-OH is 1. The molecule has 0 spiro atoms. The molecule has 0 radical (unpaired) electrons. The van der Waals surface area contributed by atoms with Crippen molar-refractivity contribution in [3.05, 3.63) is 29.8 Å². The maximum atomic E-state index is 12.2. The smallest absolute Gasteiger partial charge is 0.309 e. The van der Waals surface area contributed by atoms with Crippen LogP contribution in [0.2, 0.25) is 0 Å². The minimum Gasteiger partial charge on any atom is -0.469 e. The van der Waals surface area contributed by atoms with E-state index in [4.69, 9.17) is 0 Å². The molecule has 0 heterocycles. The molecule has 1 aromatic carbocycles. The van der Waals surface area contributed by atoms with E-state index in [9.17, 15) is 18.3 Å². The summed E-state index contributed by atoms with van der Waals surface area (Å²) in [5.74, 6) is -0.383. The molecule has 1 unspecified atom stereocenters. The number of aliphatic hydroxyl groups is 1. The number of carbonyl (C=O) groups is 1. The number of rotatable bonds is 6. The van der Waals surface area contributed by atoms with E-state index in [1.165, 1.54) is 33.2 Å². The van der Waals surface area contributed by atoms with Crippen LogP contribution in [0.15, 0.2) is 29.2 Å². The van der Waals surface area contributed by atoms with Crippen LogP contribution in [0, 0.1) is 0 Å². The van der Waals surface area contributed by atoms with Gasteiger partial charge in [-0.05, 0) is 24.6 Å². The van der Waals surface area contributed by atoms with Crippen LogP contribution >= 0.6 is 0 Å². The van der Waals surface area contributed by atoms with Gasteiger partial charge in [0.1, 0.15) is 0 Å².